The third kappa shape index (κ3) is 6.27. The number of aliphatic imine (C=N–C) groups is 1. The van der Waals surface area contributed by atoms with E-state index in [1.807, 2.05) is 37.3 Å². The standard InChI is InChI=1S/C23H31FN4O2/c1-17(30-22-9-5-8-21(15-22)29-3)16-26-23(25-2)27-19-10-12-28(13-11-19)20-7-4-6-18(24)14-20/h4-9,14-15,17,19H,10-13,16H2,1-3H3,(H2,25,26,27). The van der Waals surface area contributed by atoms with E-state index in [0.29, 0.717) is 12.6 Å². The van der Waals surface area contributed by atoms with Gasteiger partial charge in [-0.25, -0.2) is 4.39 Å². The normalized spacial score (nSPS) is 16.1. The van der Waals surface area contributed by atoms with E-state index in [9.17, 15) is 4.39 Å². The van der Waals surface area contributed by atoms with E-state index in [1.54, 1.807) is 26.3 Å². The fraction of sp³-hybridized carbons (Fsp3) is 0.435. The third-order valence-electron chi connectivity index (χ3n) is 5.17. The van der Waals surface area contributed by atoms with Gasteiger partial charge in [0.2, 0.25) is 0 Å². The van der Waals surface area contributed by atoms with Crippen LogP contribution in [0.25, 0.3) is 0 Å². The number of rotatable bonds is 7. The zero-order chi connectivity index (χ0) is 21.3. The summed E-state index contributed by atoms with van der Waals surface area (Å²) in [6.45, 7) is 4.40. The van der Waals surface area contributed by atoms with Crippen molar-refractivity contribution >= 4 is 11.6 Å². The molecular formula is C23H31FN4O2. The lowest BCUT2D eigenvalue weighted by Crippen LogP contribution is -2.50. The molecule has 6 nitrogen and oxygen atoms in total. The minimum absolute atomic E-state index is 0.0366. The molecule has 7 heteroatoms. The number of hydrogen-bond acceptors (Lipinski definition) is 4. The molecule has 1 unspecified atom stereocenters. The molecule has 2 aromatic carbocycles. The van der Waals surface area contributed by atoms with E-state index in [4.69, 9.17) is 9.47 Å². The monoisotopic (exact) mass is 414 g/mol. The molecular weight excluding hydrogens is 383 g/mol. The van der Waals surface area contributed by atoms with Gasteiger partial charge in [-0.2, -0.15) is 0 Å². The molecule has 0 amide bonds. The van der Waals surface area contributed by atoms with Crippen molar-refractivity contribution in [2.24, 2.45) is 4.99 Å². The summed E-state index contributed by atoms with van der Waals surface area (Å²) >= 11 is 0. The number of halogens is 1. The fourth-order valence-electron chi connectivity index (χ4n) is 3.53. The quantitative estimate of drug-likeness (QED) is 0.537. The van der Waals surface area contributed by atoms with Crippen LogP contribution in [0.2, 0.25) is 0 Å². The van der Waals surface area contributed by atoms with Gasteiger partial charge in [0.15, 0.2) is 5.96 Å². The molecule has 1 heterocycles. The van der Waals surface area contributed by atoms with Crippen LogP contribution < -0.4 is 25.0 Å². The average molecular weight is 415 g/mol. The van der Waals surface area contributed by atoms with Gasteiger partial charge in [-0.1, -0.05) is 12.1 Å². The second-order valence-electron chi connectivity index (χ2n) is 7.45. The predicted octanol–water partition coefficient (Wildman–Crippen LogP) is 3.44. The zero-order valence-corrected chi connectivity index (χ0v) is 17.9. The highest BCUT2D eigenvalue weighted by Gasteiger charge is 2.20. The number of hydrogen-bond donors (Lipinski definition) is 2. The molecule has 0 spiro atoms. The molecule has 1 atom stereocenters. The minimum atomic E-state index is -0.192. The molecule has 30 heavy (non-hydrogen) atoms. The molecule has 1 aliphatic heterocycles. The van der Waals surface area contributed by atoms with Gasteiger partial charge in [-0.05, 0) is 50.1 Å². The van der Waals surface area contributed by atoms with Crippen molar-refractivity contribution in [2.45, 2.75) is 31.9 Å². The summed E-state index contributed by atoms with van der Waals surface area (Å²) in [5.74, 6) is 2.12. The van der Waals surface area contributed by atoms with Crippen LogP contribution >= 0.6 is 0 Å². The van der Waals surface area contributed by atoms with Crippen LogP contribution in [0.5, 0.6) is 11.5 Å². The number of methoxy groups -OCH3 is 1. The van der Waals surface area contributed by atoms with Gasteiger partial charge >= 0.3 is 0 Å². The van der Waals surface area contributed by atoms with E-state index in [2.05, 4.69) is 20.5 Å². The fourth-order valence-corrected chi connectivity index (χ4v) is 3.53. The third-order valence-corrected chi connectivity index (χ3v) is 5.17. The number of nitrogens with one attached hydrogen (secondary N) is 2. The van der Waals surface area contributed by atoms with Gasteiger partial charge in [0, 0.05) is 37.9 Å². The molecule has 1 aliphatic rings. The topological polar surface area (TPSA) is 58.1 Å². The first-order valence-corrected chi connectivity index (χ1v) is 10.4. The van der Waals surface area contributed by atoms with Gasteiger partial charge in [-0.3, -0.25) is 4.99 Å². The Morgan fingerprint density at radius 2 is 1.90 bits per heavy atom. The molecule has 0 bridgehead atoms. The van der Waals surface area contributed by atoms with Gasteiger partial charge in [0.1, 0.15) is 23.4 Å². The van der Waals surface area contributed by atoms with Crippen molar-refractivity contribution in [1.29, 1.82) is 0 Å². The number of nitrogens with zero attached hydrogens (tertiary/aromatic N) is 2. The maximum atomic E-state index is 13.5. The first-order chi connectivity index (χ1) is 14.6. The number of guanidine groups is 1. The van der Waals surface area contributed by atoms with Crippen molar-refractivity contribution in [3.8, 4) is 11.5 Å². The van der Waals surface area contributed by atoms with Crippen LogP contribution in [-0.4, -0.2) is 51.9 Å². The number of benzene rings is 2. The van der Waals surface area contributed by atoms with Gasteiger partial charge in [-0.15, -0.1) is 0 Å². The smallest absolute Gasteiger partial charge is 0.191 e. The summed E-state index contributed by atoms with van der Waals surface area (Å²) in [4.78, 5) is 6.56. The van der Waals surface area contributed by atoms with Crippen molar-refractivity contribution in [3.63, 3.8) is 0 Å². The zero-order valence-electron chi connectivity index (χ0n) is 17.9. The Balaban J connectivity index is 1.42. The predicted molar refractivity (Wildman–Crippen MR) is 119 cm³/mol. The van der Waals surface area contributed by atoms with Crippen LogP contribution in [0.1, 0.15) is 19.8 Å². The largest absolute Gasteiger partial charge is 0.497 e. The van der Waals surface area contributed by atoms with Crippen LogP contribution in [-0.2, 0) is 0 Å². The highest BCUT2D eigenvalue weighted by atomic mass is 19.1. The molecule has 0 aromatic heterocycles. The van der Waals surface area contributed by atoms with Gasteiger partial charge < -0.3 is 25.0 Å². The minimum Gasteiger partial charge on any atom is -0.497 e. The first kappa shape index (κ1) is 21.7. The summed E-state index contributed by atoms with van der Waals surface area (Å²) in [5, 5.41) is 6.82. The maximum Gasteiger partial charge on any atom is 0.191 e. The Kier molecular flexibility index (Phi) is 7.76. The summed E-state index contributed by atoms with van der Waals surface area (Å²) in [6, 6.07) is 14.7. The summed E-state index contributed by atoms with van der Waals surface area (Å²) in [5.41, 5.74) is 0.944. The number of piperidine rings is 1. The molecule has 0 aliphatic carbocycles. The molecule has 3 rings (SSSR count). The van der Waals surface area contributed by atoms with Crippen molar-refractivity contribution in [2.75, 3.05) is 38.7 Å². The first-order valence-electron chi connectivity index (χ1n) is 10.4. The lowest BCUT2D eigenvalue weighted by atomic mass is 10.0. The summed E-state index contributed by atoms with van der Waals surface area (Å²) in [7, 11) is 3.41. The van der Waals surface area contributed by atoms with Crippen LogP contribution in [0, 0.1) is 5.82 Å². The van der Waals surface area contributed by atoms with E-state index in [0.717, 1.165) is 49.1 Å². The van der Waals surface area contributed by atoms with E-state index in [-0.39, 0.29) is 11.9 Å². The van der Waals surface area contributed by atoms with Gasteiger partial charge in [0.25, 0.3) is 0 Å². The lowest BCUT2D eigenvalue weighted by Gasteiger charge is -2.34. The van der Waals surface area contributed by atoms with Crippen LogP contribution in [0.15, 0.2) is 53.5 Å². The molecule has 162 valence electrons. The Hall–Kier alpha value is -2.96. The van der Waals surface area contributed by atoms with Crippen LogP contribution in [0.3, 0.4) is 0 Å². The second-order valence-corrected chi connectivity index (χ2v) is 7.45. The Morgan fingerprint density at radius 1 is 1.17 bits per heavy atom. The Morgan fingerprint density at radius 3 is 2.60 bits per heavy atom. The lowest BCUT2D eigenvalue weighted by molar-refractivity contribution is 0.222. The Bertz CT molecular complexity index is 837. The SMILES string of the molecule is CN=C(NCC(C)Oc1cccc(OC)c1)NC1CCN(c2cccc(F)c2)CC1. The molecule has 0 saturated carbocycles. The van der Waals surface area contributed by atoms with E-state index in [1.165, 1.54) is 6.07 Å². The molecule has 1 saturated heterocycles. The second kappa shape index (κ2) is 10.7. The van der Waals surface area contributed by atoms with E-state index < -0.39 is 0 Å². The summed E-state index contributed by atoms with van der Waals surface area (Å²) < 4.78 is 24.6. The highest BCUT2D eigenvalue weighted by Crippen LogP contribution is 2.21. The van der Waals surface area contributed by atoms with E-state index >= 15 is 0 Å². The summed E-state index contributed by atoms with van der Waals surface area (Å²) in [6.07, 6.45) is 1.89. The molecule has 2 N–H and O–H groups in total. The van der Waals surface area contributed by atoms with Crippen molar-refractivity contribution in [3.05, 3.63) is 54.3 Å². The molecule has 1 fully saturated rings. The maximum absolute atomic E-state index is 13.5. The molecule has 2 aromatic rings. The van der Waals surface area contributed by atoms with Gasteiger partial charge in [0.05, 0.1) is 13.7 Å². The molecule has 0 radical (unpaired) electrons. The highest BCUT2D eigenvalue weighted by molar-refractivity contribution is 5.80. The number of ether oxygens (including phenoxy) is 2. The van der Waals surface area contributed by atoms with Crippen molar-refractivity contribution in [1.82, 2.24) is 10.6 Å². The van der Waals surface area contributed by atoms with Crippen molar-refractivity contribution < 1.29 is 13.9 Å². The number of anilines is 1. The van der Waals surface area contributed by atoms with Crippen LogP contribution in [0.4, 0.5) is 10.1 Å². The Labute approximate surface area is 178 Å². The average Bonchev–Trinajstić information content (AvgIpc) is 2.77.